The summed E-state index contributed by atoms with van der Waals surface area (Å²) in [5, 5.41) is 0. The Morgan fingerprint density at radius 3 is 2.18 bits per heavy atom. The van der Waals surface area contributed by atoms with Gasteiger partial charge in [0.25, 0.3) is 5.91 Å². The molecule has 0 unspecified atom stereocenters. The standard InChI is InChI=1S/C17H27N3O2/c1-12(2)20-13(3)11-16(14(20)4)17(22)19-8-6-7-18(9-10-19)15(5)21/h11-12H,6-10H2,1-5H3. The minimum Gasteiger partial charge on any atom is -0.346 e. The van der Waals surface area contributed by atoms with Crippen molar-refractivity contribution in [2.24, 2.45) is 0 Å². The van der Waals surface area contributed by atoms with Crippen molar-refractivity contribution in [2.75, 3.05) is 26.2 Å². The van der Waals surface area contributed by atoms with Crippen molar-refractivity contribution in [1.29, 1.82) is 0 Å². The van der Waals surface area contributed by atoms with E-state index in [0.717, 1.165) is 29.9 Å². The van der Waals surface area contributed by atoms with Crippen LogP contribution in [0.25, 0.3) is 0 Å². The molecular formula is C17H27N3O2. The molecule has 5 nitrogen and oxygen atoms in total. The molecule has 1 aliphatic heterocycles. The molecule has 1 aromatic rings. The first-order valence-corrected chi connectivity index (χ1v) is 8.06. The molecule has 0 N–H and O–H groups in total. The third kappa shape index (κ3) is 3.18. The van der Waals surface area contributed by atoms with E-state index in [0.29, 0.717) is 25.7 Å². The Hall–Kier alpha value is -1.78. The zero-order valence-corrected chi connectivity index (χ0v) is 14.3. The van der Waals surface area contributed by atoms with E-state index in [1.165, 1.54) is 0 Å². The van der Waals surface area contributed by atoms with E-state index < -0.39 is 0 Å². The molecule has 0 saturated carbocycles. The van der Waals surface area contributed by atoms with Gasteiger partial charge in [-0.1, -0.05) is 0 Å². The van der Waals surface area contributed by atoms with Gasteiger partial charge in [-0.15, -0.1) is 0 Å². The smallest absolute Gasteiger partial charge is 0.255 e. The van der Waals surface area contributed by atoms with Crippen molar-refractivity contribution in [3.63, 3.8) is 0 Å². The van der Waals surface area contributed by atoms with Gasteiger partial charge in [-0.25, -0.2) is 0 Å². The molecule has 1 fully saturated rings. The lowest BCUT2D eigenvalue weighted by Gasteiger charge is -2.21. The molecule has 2 rings (SSSR count). The van der Waals surface area contributed by atoms with Gasteiger partial charge in [-0.2, -0.15) is 0 Å². The van der Waals surface area contributed by atoms with Crippen LogP contribution in [0.3, 0.4) is 0 Å². The largest absolute Gasteiger partial charge is 0.346 e. The van der Waals surface area contributed by atoms with Gasteiger partial charge in [-0.05, 0) is 40.2 Å². The monoisotopic (exact) mass is 305 g/mol. The molecule has 1 saturated heterocycles. The molecule has 0 aromatic carbocycles. The minimum atomic E-state index is 0.0883. The van der Waals surface area contributed by atoms with Crippen LogP contribution in [-0.4, -0.2) is 52.4 Å². The Labute approximate surface area is 132 Å². The van der Waals surface area contributed by atoms with Crippen molar-refractivity contribution < 1.29 is 9.59 Å². The van der Waals surface area contributed by atoms with Gasteiger partial charge in [0, 0.05) is 50.5 Å². The normalized spacial score (nSPS) is 16.1. The van der Waals surface area contributed by atoms with Crippen LogP contribution in [0.15, 0.2) is 6.07 Å². The Balaban J connectivity index is 2.18. The number of hydrogen-bond donors (Lipinski definition) is 0. The number of aryl methyl sites for hydroxylation is 1. The van der Waals surface area contributed by atoms with E-state index in [2.05, 4.69) is 18.4 Å². The molecule has 0 bridgehead atoms. The predicted molar refractivity (Wildman–Crippen MR) is 87.1 cm³/mol. The van der Waals surface area contributed by atoms with Crippen LogP contribution in [0, 0.1) is 13.8 Å². The van der Waals surface area contributed by atoms with E-state index in [1.807, 2.05) is 29.7 Å². The van der Waals surface area contributed by atoms with Crippen LogP contribution in [0.1, 0.15) is 55.0 Å². The Morgan fingerprint density at radius 1 is 1.05 bits per heavy atom. The van der Waals surface area contributed by atoms with Crippen molar-refractivity contribution in [2.45, 2.75) is 47.1 Å². The fraction of sp³-hybridized carbons (Fsp3) is 0.647. The van der Waals surface area contributed by atoms with Crippen molar-refractivity contribution in [1.82, 2.24) is 14.4 Å². The molecule has 122 valence electrons. The van der Waals surface area contributed by atoms with Gasteiger partial charge in [0.2, 0.25) is 5.91 Å². The van der Waals surface area contributed by atoms with Gasteiger partial charge in [0.15, 0.2) is 0 Å². The molecule has 5 heteroatoms. The average Bonchev–Trinajstić information content (AvgIpc) is 2.64. The first-order chi connectivity index (χ1) is 10.3. The summed E-state index contributed by atoms with van der Waals surface area (Å²) in [6, 6.07) is 2.34. The predicted octanol–water partition coefficient (Wildman–Crippen LogP) is 2.38. The van der Waals surface area contributed by atoms with Crippen LogP contribution >= 0.6 is 0 Å². The van der Waals surface area contributed by atoms with E-state index in [4.69, 9.17) is 0 Å². The van der Waals surface area contributed by atoms with Gasteiger partial charge in [0.1, 0.15) is 0 Å². The molecule has 1 aromatic heterocycles. The lowest BCUT2D eigenvalue weighted by atomic mass is 10.2. The maximum Gasteiger partial charge on any atom is 0.255 e. The van der Waals surface area contributed by atoms with Gasteiger partial charge in [-0.3, -0.25) is 9.59 Å². The molecule has 0 atom stereocenters. The SMILES string of the molecule is CC(=O)N1CCCN(C(=O)c2cc(C)n(C(C)C)c2C)CC1. The maximum atomic E-state index is 12.8. The molecule has 0 spiro atoms. The van der Waals surface area contributed by atoms with Crippen molar-refractivity contribution >= 4 is 11.8 Å². The second-order valence-electron chi connectivity index (χ2n) is 6.40. The highest BCUT2D eigenvalue weighted by atomic mass is 16.2. The summed E-state index contributed by atoms with van der Waals surface area (Å²) >= 11 is 0. The third-order valence-electron chi connectivity index (χ3n) is 4.46. The second-order valence-corrected chi connectivity index (χ2v) is 6.40. The number of aromatic nitrogens is 1. The highest BCUT2D eigenvalue weighted by Gasteiger charge is 2.24. The van der Waals surface area contributed by atoms with E-state index in [-0.39, 0.29) is 11.8 Å². The topological polar surface area (TPSA) is 45.6 Å². The molecule has 22 heavy (non-hydrogen) atoms. The highest BCUT2D eigenvalue weighted by Crippen LogP contribution is 2.22. The van der Waals surface area contributed by atoms with Crippen molar-refractivity contribution in [3.05, 3.63) is 23.0 Å². The molecule has 1 aliphatic rings. The summed E-state index contributed by atoms with van der Waals surface area (Å²) in [6.07, 6.45) is 0.842. The van der Waals surface area contributed by atoms with E-state index in [1.54, 1.807) is 6.92 Å². The summed E-state index contributed by atoms with van der Waals surface area (Å²) in [7, 11) is 0. The van der Waals surface area contributed by atoms with E-state index in [9.17, 15) is 9.59 Å². The highest BCUT2D eigenvalue weighted by molar-refractivity contribution is 5.95. The molecule has 0 radical (unpaired) electrons. The van der Waals surface area contributed by atoms with Crippen LogP contribution in [0.4, 0.5) is 0 Å². The quantitative estimate of drug-likeness (QED) is 0.842. The number of rotatable bonds is 2. The summed E-state index contributed by atoms with van der Waals surface area (Å²) in [5.74, 6) is 0.178. The van der Waals surface area contributed by atoms with Gasteiger partial charge >= 0.3 is 0 Å². The van der Waals surface area contributed by atoms with Gasteiger partial charge in [0.05, 0.1) is 5.56 Å². The first-order valence-electron chi connectivity index (χ1n) is 8.06. The summed E-state index contributed by atoms with van der Waals surface area (Å²) in [5.41, 5.74) is 2.95. The van der Waals surface area contributed by atoms with Crippen molar-refractivity contribution in [3.8, 4) is 0 Å². The zero-order chi connectivity index (χ0) is 16.4. The zero-order valence-electron chi connectivity index (χ0n) is 14.3. The number of amides is 2. The molecule has 2 amide bonds. The second kappa shape index (κ2) is 6.55. The van der Waals surface area contributed by atoms with Crippen LogP contribution in [0.2, 0.25) is 0 Å². The van der Waals surface area contributed by atoms with Crippen LogP contribution in [0.5, 0.6) is 0 Å². The Kier molecular flexibility index (Phi) is 4.94. The molecule has 2 heterocycles. The van der Waals surface area contributed by atoms with Crippen LogP contribution < -0.4 is 0 Å². The van der Waals surface area contributed by atoms with E-state index >= 15 is 0 Å². The molecule has 0 aliphatic carbocycles. The number of carbonyl (C=O) groups excluding carboxylic acids is 2. The number of nitrogens with zero attached hydrogens (tertiary/aromatic N) is 3. The number of carbonyl (C=O) groups is 2. The lowest BCUT2D eigenvalue weighted by molar-refractivity contribution is -0.128. The fourth-order valence-electron chi connectivity index (χ4n) is 3.39. The average molecular weight is 305 g/mol. The van der Waals surface area contributed by atoms with Gasteiger partial charge < -0.3 is 14.4 Å². The Bertz CT molecular complexity index is 575. The first kappa shape index (κ1) is 16.6. The molecular weight excluding hydrogens is 278 g/mol. The lowest BCUT2D eigenvalue weighted by Crippen LogP contribution is -2.36. The summed E-state index contributed by atoms with van der Waals surface area (Å²) in [4.78, 5) is 28.0. The maximum absolute atomic E-state index is 12.8. The minimum absolute atomic E-state index is 0.0883. The van der Waals surface area contributed by atoms with Crippen LogP contribution in [-0.2, 0) is 4.79 Å². The number of hydrogen-bond acceptors (Lipinski definition) is 2. The third-order valence-corrected chi connectivity index (χ3v) is 4.46. The fourth-order valence-corrected chi connectivity index (χ4v) is 3.39. The summed E-state index contributed by atoms with van der Waals surface area (Å²) < 4.78 is 2.20. The Morgan fingerprint density at radius 2 is 1.64 bits per heavy atom. The summed E-state index contributed by atoms with van der Waals surface area (Å²) in [6.45, 7) is 12.6.